The Hall–Kier alpha value is -0.970. The van der Waals surface area contributed by atoms with Gasteiger partial charge in [-0.05, 0) is 12.2 Å². The van der Waals surface area contributed by atoms with Crippen molar-refractivity contribution in [3.05, 3.63) is 18.0 Å². The third-order valence-electron chi connectivity index (χ3n) is 1.94. The summed E-state index contributed by atoms with van der Waals surface area (Å²) in [4.78, 5) is 11.5. The van der Waals surface area contributed by atoms with Crippen LogP contribution in [0.3, 0.4) is 0 Å². The van der Waals surface area contributed by atoms with Gasteiger partial charge in [0.2, 0.25) is 5.91 Å². The first-order valence-corrected chi connectivity index (χ1v) is 6.04. The summed E-state index contributed by atoms with van der Waals surface area (Å²) in [6, 6.07) is 0.0176. The van der Waals surface area contributed by atoms with Crippen molar-refractivity contribution in [1.82, 2.24) is 15.5 Å². The van der Waals surface area contributed by atoms with E-state index in [-0.39, 0.29) is 11.9 Å². The number of carbonyl (C=O) groups excluding carboxylic acids is 1. The lowest BCUT2D eigenvalue weighted by Gasteiger charge is -2.12. The highest BCUT2D eigenvalue weighted by atomic mass is 32.2. The Bertz CT molecular complexity index is 298. The van der Waals surface area contributed by atoms with Gasteiger partial charge in [-0.3, -0.25) is 9.89 Å². The molecular formula is C10H17N3OS. The number of hydrogen-bond donors (Lipinski definition) is 2. The molecule has 0 aliphatic rings. The fraction of sp³-hybridized carbons (Fsp3) is 0.600. The van der Waals surface area contributed by atoms with Gasteiger partial charge in [-0.2, -0.15) is 5.10 Å². The largest absolute Gasteiger partial charge is 0.349 e. The van der Waals surface area contributed by atoms with Gasteiger partial charge < -0.3 is 5.32 Å². The predicted octanol–water partition coefficient (Wildman–Crippen LogP) is 1.73. The highest BCUT2D eigenvalue weighted by Gasteiger charge is 2.10. The molecule has 2 N–H and O–H groups in total. The Balaban J connectivity index is 2.32. The number of carbonyl (C=O) groups is 1. The smallest absolute Gasteiger partial charge is 0.230 e. The van der Waals surface area contributed by atoms with Gasteiger partial charge in [0, 0.05) is 11.8 Å². The standard InChI is InChI=1S/C10H17N3OS/c1-7(2)15-6-10(14)13-8(3)9-4-11-12-5-9/h4-5,7-8H,6H2,1-3H3,(H,11,12)(H,13,14). The number of aromatic nitrogens is 2. The molecule has 0 spiro atoms. The van der Waals surface area contributed by atoms with Crippen LogP contribution in [0.15, 0.2) is 12.4 Å². The zero-order valence-electron chi connectivity index (χ0n) is 9.28. The van der Waals surface area contributed by atoms with Crippen molar-refractivity contribution in [3.8, 4) is 0 Å². The van der Waals surface area contributed by atoms with Gasteiger partial charge in [-0.25, -0.2) is 0 Å². The number of thioether (sulfide) groups is 1. The lowest BCUT2D eigenvalue weighted by Crippen LogP contribution is -2.28. The van der Waals surface area contributed by atoms with Crippen molar-refractivity contribution in [2.24, 2.45) is 0 Å². The van der Waals surface area contributed by atoms with E-state index in [2.05, 4.69) is 29.4 Å². The Kier molecular flexibility index (Phi) is 4.68. The molecule has 1 rings (SSSR count). The zero-order valence-corrected chi connectivity index (χ0v) is 10.1. The third kappa shape index (κ3) is 4.38. The molecule has 0 aromatic carbocycles. The quantitative estimate of drug-likeness (QED) is 0.805. The fourth-order valence-electron chi connectivity index (χ4n) is 1.11. The molecule has 0 aliphatic heterocycles. The maximum Gasteiger partial charge on any atom is 0.230 e. The van der Waals surface area contributed by atoms with Crippen LogP contribution in [-0.4, -0.2) is 27.1 Å². The normalized spacial score (nSPS) is 12.8. The maximum atomic E-state index is 11.5. The Labute approximate surface area is 94.2 Å². The van der Waals surface area contributed by atoms with E-state index in [4.69, 9.17) is 0 Å². The van der Waals surface area contributed by atoms with E-state index in [9.17, 15) is 4.79 Å². The first-order chi connectivity index (χ1) is 7.09. The van der Waals surface area contributed by atoms with E-state index in [0.717, 1.165) is 5.56 Å². The minimum Gasteiger partial charge on any atom is -0.349 e. The highest BCUT2D eigenvalue weighted by Crippen LogP contribution is 2.11. The lowest BCUT2D eigenvalue weighted by molar-refractivity contribution is -0.119. The van der Waals surface area contributed by atoms with Gasteiger partial charge in [0.05, 0.1) is 18.0 Å². The molecule has 4 nitrogen and oxygen atoms in total. The SMILES string of the molecule is CC(C)SCC(=O)NC(C)c1cn[nH]c1. The van der Waals surface area contributed by atoms with Crippen molar-refractivity contribution in [2.75, 3.05) is 5.75 Å². The summed E-state index contributed by atoms with van der Waals surface area (Å²) in [5.41, 5.74) is 0.998. The summed E-state index contributed by atoms with van der Waals surface area (Å²) in [6.45, 7) is 6.11. The van der Waals surface area contributed by atoms with Crippen LogP contribution in [0.1, 0.15) is 32.4 Å². The monoisotopic (exact) mass is 227 g/mol. The average Bonchev–Trinajstić information content (AvgIpc) is 2.67. The Morgan fingerprint density at radius 1 is 1.60 bits per heavy atom. The summed E-state index contributed by atoms with van der Waals surface area (Å²) >= 11 is 1.64. The van der Waals surface area contributed by atoms with E-state index < -0.39 is 0 Å². The van der Waals surface area contributed by atoms with Gasteiger partial charge in [-0.15, -0.1) is 11.8 Å². The fourth-order valence-corrected chi connectivity index (χ4v) is 1.67. The second-order valence-electron chi connectivity index (χ2n) is 3.68. The van der Waals surface area contributed by atoms with Crippen LogP contribution < -0.4 is 5.32 Å². The second-order valence-corrected chi connectivity index (χ2v) is 5.25. The Morgan fingerprint density at radius 2 is 2.33 bits per heavy atom. The van der Waals surface area contributed by atoms with Crippen LogP contribution in [-0.2, 0) is 4.79 Å². The number of H-pyrrole nitrogens is 1. The minimum absolute atomic E-state index is 0.0176. The summed E-state index contributed by atoms with van der Waals surface area (Å²) < 4.78 is 0. The van der Waals surface area contributed by atoms with Crippen LogP contribution in [0.5, 0.6) is 0 Å². The molecule has 1 atom stereocenters. The van der Waals surface area contributed by atoms with E-state index in [1.807, 2.05) is 6.92 Å². The molecule has 1 unspecified atom stereocenters. The third-order valence-corrected chi connectivity index (χ3v) is 3.04. The van der Waals surface area contributed by atoms with Crippen LogP contribution in [0.4, 0.5) is 0 Å². The van der Waals surface area contributed by atoms with Crippen molar-refractivity contribution in [3.63, 3.8) is 0 Å². The van der Waals surface area contributed by atoms with Crippen molar-refractivity contribution in [2.45, 2.75) is 32.1 Å². The minimum atomic E-state index is 0.0176. The van der Waals surface area contributed by atoms with Crippen LogP contribution in [0.25, 0.3) is 0 Å². The van der Waals surface area contributed by atoms with Crippen molar-refractivity contribution >= 4 is 17.7 Å². The molecule has 1 aromatic rings. The maximum absolute atomic E-state index is 11.5. The zero-order chi connectivity index (χ0) is 11.3. The number of hydrogen-bond acceptors (Lipinski definition) is 3. The Morgan fingerprint density at radius 3 is 2.87 bits per heavy atom. The van der Waals surface area contributed by atoms with Gasteiger partial charge in [-0.1, -0.05) is 13.8 Å². The van der Waals surface area contributed by atoms with Crippen molar-refractivity contribution in [1.29, 1.82) is 0 Å². The molecule has 0 radical (unpaired) electrons. The first-order valence-electron chi connectivity index (χ1n) is 4.99. The topological polar surface area (TPSA) is 57.8 Å². The molecule has 15 heavy (non-hydrogen) atoms. The molecule has 84 valence electrons. The van der Waals surface area contributed by atoms with E-state index in [0.29, 0.717) is 11.0 Å². The molecule has 0 saturated carbocycles. The predicted molar refractivity (Wildman–Crippen MR) is 62.7 cm³/mol. The highest BCUT2D eigenvalue weighted by molar-refractivity contribution is 8.00. The van der Waals surface area contributed by atoms with Crippen LogP contribution in [0, 0.1) is 0 Å². The van der Waals surface area contributed by atoms with Gasteiger partial charge in [0.25, 0.3) is 0 Å². The molecule has 0 saturated heterocycles. The van der Waals surface area contributed by atoms with Gasteiger partial charge in [0.1, 0.15) is 0 Å². The number of amides is 1. The molecule has 0 fully saturated rings. The molecule has 5 heteroatoms. The summed E-state index contributed by atoms with van der Waals surface area (Å²) in [5, 5.41) is 9.97. The molecule has 0 aliphatic carbocycles. The molecule has 1 heterocycles. The molecule has 1 amide bonds. The van der Waals surface area contributed by atoms with E-state index >= 15 is 0 Å². The van der Waals surface area contributed by atoms with Gasteiger partial charge >= 0.3 is 0 Å². The summed E-state index contributed by atoms with van der Waals surface area (Å²) in [5.74, 6) is 0.585. The van der Waals surface area contributed by atoms with Crippen LogP contribution >= 0.6 is 11.8 Å². The summed E-state index contributed by atoms with van der Waals surface area (Å²) in [6.07, 6.45) is 3.51. The van der Waals surface area contributed by atoms with E-state index in [1.54, 1.807) is 24.2 Å². The molecule has 1 aromatic heterocycles. The summed E-state index contributed by atoms with van der Waals surface area (Å²) in [7, 11) is 0. The van der Waals surface area contributed by atoms with Crippen molar-refractivity contribution < 1.29 is 4.79 Å². The van der Waals surface area contributed by atoms with Crippen LogP contribution in [0.2, 0.25) is 0 Å². The number of nitrogens with one attached hydrogen (secondary N) is 2. The van der Waals surface area contributed by atoms with Gasteiger partial charge in [0.15, 0.2) is 0 Å². The number of aromatic amines is 1. The average molecular weight is 227 g/mol. The number of rotatable bonds is 5. The second kappa shape index (κ2) is 5.80. The lowest BCUT2D eigenvalue weighted by atomic mass is 10.2. The molecule has 0 bridgehead atoms. The van der Waals surface area contributed by atoms with E-state index in [1.165, 1.54) is 0 Å². The first kappa shape index (κ1) is 12.1. The molecular weight excluding hydrogens is 210 g/mol. The number of nitrogens with zero attached hydrogens (tertiary/aromatic N) is 1.